The van der Waals surface area contributed by atoms with Crippen LogP contribution in [0.25, 0.3) is 6.08 Å². The van der Waals surface area contributed by atoms with Crippen LogP contribution >= 0.6 is 23.2 Å². The minimum Gasteiger partial charge on any atom is -0.399 e. The van der Waals surface area contributed by atoms with Gasteiger partial charge in [0.2, 0.25) is 10.0 Å². The summed E-state index contributed by atoms with van der Waals surface area (Å²) in [6, 6.07) is 8.13. The number of primary sulfonamides is 1. The predicted molar refractivity (Wildman–Crippen MR) is 100 cm³/mol. The molecule has 0 bridgehead atoms. The lowest BCUT2D eigenvalue weighted by Crippen LogP contribution is -2.17. The molecule has 0 unspecified atom stereocenters. The Bertz CT molecular complexity index is 1050. The van der Waals surface area contributed by atoms with Crippen molar-refractivity contribution >= 4 is 60.7 Å². The van der Waals surface area contributed by atoms with Gasteiger partial charge in [-0.1, -0.05) is 29.3 Å². The maximum Gasteiger partial charge on any atom is 0.255 e. The molecule has 0 aliphatic heterocycles. The summed E-state index contributed by atoms with van der Waals surface area (Å²) in [7, 11) is -8.18. The van der Waals surface area contributed by atoms with Gasteiger partial charge in [0, 0.05) is 5.69 Å². The van der Waals surface area contributed by atoms with Crippen molar-refractivity contribution in [2.45, 2.75) is 4.90 Å². The van der Waals surface area contributed by atoms with E-state index in [9.17, 15) is 16.8 Å². The normalized spacial score (nSPS) is 12.4. The van der Waals surface area contributed by atoms with Gasteiger partial charge in [-0.05, 0) is 42.0 Å². The molecule has 0 aromatic heterocycles. The van der Waals surface area contributed by atoms with Crippen molar-refractivity contribution in [3.63, 3.8) is 0 Å². The summed E-state index contributed by atoms with van der Waals surface area (Å²) >= 11 is 11.6. The molecular weight excluding hydrogens is 409 g/mol. The van der Waals surface area contributed by atoms with Crippen LogP contribution in [0, 0.1) is 0 Å². The monoisotopic (exact) mass is 421 g/mol. The number of rotatable bonds is 5. The quantitative estimate of drug-likeness (QED) is 0.638. The topological polar surface area (TPSA) is 132 Å². The molecule has 134 valence electrons. The minimum absolute atomic E-state index is 0.165. The SMILES string of the molecule is Nc1ccc(S(N)(=O)=O)c(NS(=O)(=O)/C=C/c2ccc(Cl)c(Cl)c2)c1. The van der Waals surface area contributed by atoms with Crippen LogP contribution in [0.2, 0.25) is 10.0 Å². The van der Waals surface area contributed by atoms with E-state index in [-0.39, 0.29) is 16.4 Å². The molecule has 0 saturated carbocycles. The van der Waals surface area contributed by atoms with Gasteiger partial charge in [0.15, 0.2) is 0 Å². The number of hydrogen-bond acceptors (Lipinski definition) is 5. The van der Waals surface area contributed by atoms with E-state index < -0.39 is 24.9 Å². The number of nitrogens with one attached hydrogen (secondary N) is 1. The fraction of sp³-hybridized carbons (Fsp3) is 0. The van der Waals surface area contributed by atoms with Crippen LogP contribution in [0.15, 0.2) is 46.7 Å². The van der Waals surface area contributed by atoms with Crippen molar-refractivity contribution in [1.29, 1.82) is 0 Å². The highest BCUT2D eigenvalue weighted by molar-refractivity contribution is 7.95. The van der Waals surface area contributed by atoms with Crippen molar-refractivity contribution in [3.8, 4) is 0 Å². The summed E-state index contributed by atoms with van der Waals surface area (Å²) in [6.07, 6.45) is 1.27. The first-order valence-corrected chi connectivity index (χ1v) is 10.4. The van der Waals surface area contributed by atoms with Gasteiger partial charge in [-0.15, -0.1) is 0 Å². The van der Waals surface area contributed by atoms with Crippen LogP contribution in [0.1, 0.15) is 5.56 Å². The number of anilines is 2. The highest BCUT2D eigenvalue weighted by Crippen LogP contribution is 2.25. The third-order valence-corrected chi connectivity index (χ3v) is 5.65. The second kappa shape index (κ2) is 7.22. The molecule has 7 nitrogen and oxygen atoms in total. The summed E-state index contributed by atoms with van der Waals surface area (Å²) in [5.74, 6) is 0. The van der Waals surface area contributed by atoms with Crippen molar-refractivity contribution < 1.29 is 16.8 Å². The molecule has 2 aromatic carbocycles. The smallest absolute Gasteiger partial charge is 0.255 e. The summed E-state index contributed by atoms with van der Waals surface area (Å²) in [4.78, 5) is -0.395. The molecular formula is C14H13Cl2N3O4S2. The van der Waals surface area contributed by atoms with Gasteiger partial charge in [-0.3, -0.25) is 4.72 Å². The molecule has 2 rings (SSSR count). The van der Waals surface area contributed by atoms with E-state index in [4.69, 9.17) is 34.1 Å². The van der Waals surface area contributed by atoms with E-state index in [0.29, 0.717) is 10.6 Å². The second-order valence-electron chi connectivity index (χ2n) is 4.92. The maximum absolute atomic E-state index is 12.2. The highest BCUT2D eigenvalue weighted by Gasteiger charge is 2.17. The molecule has 11 heteroatoms. The van der Waals surface area contributed by atoms with Crippen LogP contribution in [-0.2, 0) is 20.0 Å². The maximum atomic E-state index is 12.2. The Labute approximate surface area is 155 Å². The zero-order valence-corrected chi connectivity index (χ0v) is 15.6. The van der Waals surface area contributed by atoms with Crippen molar-refractivity contribution in [3.05, 3.63) is 57.4 Å². The van der Waals surface area contributed by atoms with Crippen molar-refractivity contribution in [2.75, 3.05) is 10.5 Å². The second-order valence-corrected chi connectivity index (χ2v) is 8.83. The van der Waals surface area contributed by atoms with Crippen LogP contribution in [0.4, 0.5) is 11.4 Å². The molecule has 0 aliphatic carbocycles. The lowest BCUT2D eigenvalue weighted by Gasteiger charge is -2.10. The van der Waals surface area contributed by atoms with Gasteiger partial charge < -0.3 is 5.73 Å². The van der Waals surface area contributed by atoms with Gasteiger partial charge >= 0.3 is 0 Å². The largest absolute Gasteiger partial charge is 0.399 e. The number of halogens is 2. The number of benzene rings is 2. The summed E-state index contributed by atoms with van der Waals surface area (Å²) in [5.41, 5.74) is 5.97. The van der Waals surface area contributed by atoms with Crippen molar-refractivity contribution in [1.82, 2.24) is 0 Å². The first-order chi connectivity index (χ1) is 11.5. The highest BCUT2D eigenvalue weighted by atomic mass is 35.5. The number of hydrogen-bond donors (Lipinski definition) is 3. The standard InChI is InChI=1S/C14H13Cl2N3O4S2/c15-11-3-1-9(7-12(11)16)5-6-24(20,21)19-13-8-10(17)2-4-14(13)25(18,22)23/h1-8,19H,17H2,(H2,18,22,23)/b6-5+. The Balaban J connectivity index is 2.34. The zero-order chi connectivity index (χ0) is 18.8. The average molecular weight is 422 g/mol. The number of sulfonamides is 2. The molecule has 0 fully saturated rings. The number of nitrogens with two attached hydrogens (primary N) is 2. The Morgan fingerprint density at radius 1 is 0.960 bits per heavy atom. The van der Waals surface area contributed by atoms with Crippen LogP contribution < -0.4 is 15.6 Å². The molecule has 0 aliphatic rings. The predicted octanol–water partition coefficient (Wildman–Crippen LogP) is 2.64. The van der Waals surface area contributed by atoms with Gasteiger partial charge in [0.05, 0.1) is 21.1 Å². The molecule has 0 radical (unpaired) electrons. The average Bonchev–Trinajstić information content (AvgIpc) is 2.47. The third-order valence-electron chi connectivity index (χ3n) is 2.95. The third kappa shape index (κ3) is 5.35. The van der Waals surface area contributed by atoms with Gasteiger partial charge in [-0.25, -0.2) is 22.0 Å². The van der Waals surface area contributed by atoms with Gasteiger partial charge in [0.1, 0.15) is 4.90 Å². The molecule has 5 N–H and O–H groups in total. The van der Waals surface area contributed by atoms with E-state index in [2.05, 4.69) is 4.72 Å². The fourth-order valence-corrected chi connectivity index (χ4v) is 3.77. The summed E-state index contributed by atoms with van der Waals surface area (Å²) in [5, 5.41) is 6.52. The minimum atomic E-state index is -4.14. The molecule has 25 heavy (non-hydrogen) atoms. The summed E-state index contributed by atoms with van der Waals surface area (Å²) < 4.78 is 49.6. The Kier molecular flexibility index (Phi) is 5.65. The zero-order valence-electron chi connectivity index (χ0n) is 12.5. The Morgan fingerprint density at radius 2 is 1.64 bits per heavy atom. The summed E-state index contributed by atoms with van der Waals surface area (Å²) in [6.45, 7) is 0. The van der Waals surface area contributed by atoms with E-state index in [0.717, 1.165) is 17.5 Å². The first kappa shape index (κ1) is 19.5. The molecule has 0 heterocycles. The van der Waals surface area contributed by atoms with E-state index in [1.54, 1.807) is 6.07 Å². The van der Waals surface area contributed by atoms with E-state index >= 15 is 0 Å². The molecule has 2 aromatic rings. The first-order valence-electron chi connectivity index (χ1n) is 6.56. The lowest BCUT2D eigenvalue weighted by atomic mass is 10.2. The molecule has 0 saturated heterocycles. The molecule has 0 spiro atoms. The Hall–Kier alpha value is -1.78. The van der Waals surface area contributed by atoms with Crippen molar-refractivity contribution in [2.24, 2.45) is 5.14 Å². The van der Waals surface area contributed by atoms with Crippen LogP contribution in [-0.4, -0.2) is 16.8 Å². The molecule has 0 amide bonds. The van der Waals surface area contributed by atoms with Crippen LogP contribution in [0.3, 0.4) is 0 Å². The fourth-order valence-electron chi connectivity index (χ4n) is 1.85. The van der Waals surface area contributed by atoms with E-state index in [1.165, 1.54) is 24.3 Å². The molecule has 0 atom stereocenters. The number of nitrogen functional groups attached to an aromatic ring is 1. The van der Waals surface area contributed by atoms with Gasteiger partial charge in [-0.2, -0.15) is 0 Å². The van der Waals surface area contributed by atoms with E-state index in [1.807, 2.05) is 0 Å². The van der Waals surface area contributed by atoms with Gasteiger partial charge in [0.25, 0.3) is 10.0 Å². The van der Waals surface area contributed by atoms with Crippen LogP contribution in [0.5, 0.6) is 0 Å². The Morgan fingerprint density at radius 3 is 2.24 bits per heavy atom. The lowest BCUT2D eigenvalue weighted by molar-refractivity contribution is 0.598.